The molecular weight excluding hydrogens is 306 g/mol. The Hall–Kier alpha value is -1.39. The van der Waals surface area contributed by atoms with Crippen molar-refractivity contribution in [3.8, 4) is 0 Å². The third-order valence-electron chi connectivity index (χ3n) is 4.81. The van der Waals surface area contributed by atoms with E-state index >= 15 is 0 Å². The zero-order valence-electron chi connectivity index (χ0n) is 15.1. The van der Waals surface area contributed by atoms with E-state index in [1.807, 2.05) is 4.90 Å². The van der Waals surface area contributed by atoms with E-state index in [9.17, 15) is 14.4 Å². The number of amides is 1. The van der Waals surface area contributed by atoms with Crippen molar-refractivity contribution in [1.29, 1.82) is 0 Å². The Morgan fingerprint density at radius 1 is 1.04 bits per heavy atom. The van der Waals surface area contributed by atoms with Crippen molar-refractivity contribution in [2.24, 2.45) is 0 Å². The number of carboxylic acid groups (broad SMARTS) is 1. The van der Waals surface area contributed by atoms with Crippen LogP contribution in [0.5, 0.6) is 0 Å². The fourth-order valence-corrected chi connectivity index (χ4v) is 3.34. The summed E-state index contributed by atoms with van der Waals surface area (Å²) >= 11 is 0. The summed E-state index contributed by atoms with van der Waals surface area (Å²) in [4.78, 5) is 36.3. The number of nitrogens with zero attached hydrogens (tertiary/aromatic N) is 1. The zero-order valence-corrected chi connectivity index (χ0v) is 15.1. The second-order valence-corrected chi connectivity index (χ2v) is 6.87. The Morgan fingerprint density at radius 2 is 1.75 bits per heavy atom. The Morgan fingerprint density at radius 3 is 2.46 bits per heavy atom. The zero-order chi connectivity index (χ0) is 17.8. The third kappa shape index (κ3) is 8.46. The maximum atomic E-state index is 12.0. The van der Waals surface area contributed by atoms with Crippen LogP contribution in [0.2, 0.25) is 0 Å². The number of hydrogen-bond donors (Lipinski definition) is 1. The first-order valence-corrected chi connectivity index (χ1v) is 9.57. The molecule has 138 valence electrons. The molecule has 1 aliphatic heterocycles. The topological polar surface area (TPSA) is 74.7 Å². The molecule has 0 saturated carbocycles. The molecule has 24 heavy (non-hydrogen) atoms. The first kappa shape index (κ1) is 20.7. The summed E-state index contributed by atoms with van der Waals surface area (Å²) in [5.41, 5.74) is 0. The van der Waals surface area contributed by atoms with Crippen LogP contribution < -0.4 is 0 Å². The second kappa shape index (κ2) is 12.0. The molecule has 1 unspecified atom stereocenters. The van der Waals surface area contributed by atoms with Crippen LogP contribution in [0, 0.1) is 0 Å². The molecule has 1 rings (SSSR count). The highest BCUT2D eigenvalue weighted by atomic mass is 16.4. The number of ketones is 1. The number of aliphatic carboxylic acids is 1. The summed E-state index contributed by atoms with van der Waals surface area (Å²) in [5, 5.41) is 8.60. The number of rotatable bonds is 14. The van der Waals surface area contributed by atoms with E-state index in [0.717, 1.165) is 57.9 Å². The van der Waals surface area contributed by atoms with Crippen molar-refractivity contribution in [1.82, 2.24) is 4.90 Å². The quantitative estimate of drug-likeness (QED) is 0.486. The van der Waals surface area contributed by atoms with Gasteiger partial charge in [-0.15, -0.1) is 0 Å². The van der Waals surface area contributed by atoms with Crippen LogP contribution in [0.15, 0.2) is 0 Å². The largest absolute Gasteiger partial charge is 0.481 e. The molecule has 0 aromatic rings. The summed E-state index contributed by atoms with van der Waals surface area (Å²) in [6.07, 6.45) is 10.5. The van der Waals surface area contributed by atoms with E-state index in [2.05, 4.69) is 6.92 Å². The van der Waals surface area contributed by atoms with Gasteiger partial charge in [0.15, 0.2) is 0 Å². The van der Waals surface area contributed by atoms with Crippen molar-refractivity contribution in [3.05, 3.63) is 0 Å². The monoisotopic (exact) mass is 339 g/mol. The van der Waals surface area contributed by atoms with Crippen LogP contribution in [0.3, 0.4) is 0 Å². The highest BCUT2D eigenvalue weighted by Gasteiger charge is 2.30. The van der Waals surface area contributed by atoms with Gasteiger partial charge in [-0.3, -0.25) is 14.4 Å². The molecule has 0 aromatic heterocycles. The number of unbranched alkanes of at least 4 members (excludes halogenated alkanes) is 5. The molecule has 0 radical (unpaired) electrons. The first-order chi connectivity index (χ1) is 11.5. The van der Waals surface area contributed by atoms with Crippen LogP contribution in [-0.4, -0.2) is 40.3 Å². The van der Waals surface area contributed by atoms with Crippen LogP contribution in [0.4, 0.5) is 0 Å². The standard InChI is InChI=1S/C19H33NO4/c1-2-3-6-9-17(21)13-11-16-12-14-18(22)20(16)15-8-5-4-7-10-19(23)24/h16H,2-15H2,1H3,(H,23,24). The Kier molecular flexibility index (Phi) is 10.4. The molecule has 1 amide bonds. The molecule has 5 heteroatoms. The van der Waals surface area contributed by atoms with Gasteiger partial charge in [0.05, 0.1) is 0 Å². The fraction of sp³-hybridized carbons (Fsp3) is 0.842. The van der Waals surface area contributed by atoms with Gasteiger partial charge in [0, 0.05) is 38.3 Å². The molecule has 1 fully saturated rings. The normalized spacial score (nSPS) is 17.5. The predicted molar refractivity (Wildman–Crippen MR) is 93.8 cm³/mol. The van der Waals surface area contributed by atoms with Crippen molar-refractivity contribution in [2.45, 2.75) is 96.4 Å². The average molecular weight is 339 g/mol. The summed E-state index contributed by atoms with van der Waals surface area (Å²) in [5.74, 6) is -0.200. The molecule has 0 aromatic carbocycles. The minimum atomic E-state index is -0.742. The van der Waals surface area contributed by atoms with Crippen LogP contribution in [0.25, 0.3) is 0 Å². The Balaban J connectivity index is 2.20. The molecule has 0 spiro atoms. The SMILES string of the molecule is CCCCCC(=O)CCC1CCC(=O)N1CCCCCCC(=O)O. The molecule has 1 heterocycles. The van der Waals surface area contributed by atoms with Gasteiger partial charge >= 0.3 is 5.97 Å². The van der Waals surface area contributed by atoms with Crippen LogP contribution >= 0.6 is 0 Å². The van der Waals surface area contributed by atoms with Gasteiger partial charge in [-0.05, 0) is 32.1 Å². The molecule has 0 aliphatic carbocycles. The Labute approximate surface area is 145 Å². The lowest BCUT2D eigenvalue weighted by Gasteiger charge is -2.24. The van der Waals surface area contributed by atoms with Gasteiger partial charge in [0.1, 0.15) is 5.78 Å². The molecule has 1 atom stereocenters. The van der Waals surface area contributed by atoms with E-state index in [4.69, 9.17) is 5.11 Å². The van der Waals surface area contributed by atoms with Crippen molar-refractivity contribution in [2.75, 3.05) is 6.54 Å². The number of carbonyl (C=O) groups excluding carboxylic acids is 2. The highest BCUT2D eigenvalue weighted by Crippen LogP contribution is 2.24. The minimum absolute atomic E-state index is 0.212. The smallest absolute Gasteiger partial charge is 0.303 e. The van der Waals surface area contributed by atoms with E-state index in [0.29, 0.717) is 31.5 Å². The first-order valence-electron chi connectivity index (χ1n) is 9.57. The third-order valence-corrected chi connectivity index (χ3v) is 4.81. The van der Waals surface area contributed by atoms with E-state index in [-0.39, 0.29) is 18.4 Å². The van der Waals surface area contributed by atoms with Gasteiger partial charge in [-0.1, -0.05) is 32.6 Å². The van der Waals surface area contributed by atoms with E-state index < -0.39 is 5.97 Å². The summed E-state index contributed by atoms with van der Waals surface area (Å²) < 4.78 is 0. The van der Waals surface area contributed by atoms with E-state index in [1.54, 1.807) is 0 Å². The molecule has 1 aliphatic rings. The van der Waals surface area contributed by atoms with Crippen LogP contribution in [0.1, 0.15) is 90.4 Å². The lowest BCUT2D eigenvalue weighted by Crippen LogP contribution is -2.34. The molecule has 1 N–H and O–H groups in total. The molecule has 5 nitrogen and oxygen atoms in total. The maximum absolute atomic E-state index is 12.0. The summed E-state index contributed by atoms with van der Waals surface area (Å²) in [6.45, 7) is 2.88. The number of Topliss-reactive ketones (excluding diaryl/α,β-unsaturated/α-hetero) is 1. The van der Waals surface area contributed by atoms with Gasteiger partial charge in [-0.2, -0.15) is 0 Å². The van der Waals surface area contributed by atoms with Crippen LogP contribution in [-0.2, 0) is 14.4 Å². The fourth-order valence-electron chi connectivity index (χ4n) is 3.34. The predicted octanol–water partition coefficient (Wildman–Crippen LogP) is 3.94. The number of hydrogen-bond acceptors (Lipinski definition) is 3. The van der Waals surface area contributed by atoms with Crippen molar-refractivity contribution in [3.63, 3.8) is 0 Å². The highest BCUT2D eigenvalue weighted by molar-refractivity contribution is 5.80. The lowest BCUT2D eigenvalue weighted by atomic mass is 10.0. The summed E-state index contributed by atoms with van der Waals surface area (Å²) in [7, 11) is 0. The molecule has 0 bridgehead atoms. The number of likely N-dealkylation sites (tertiary alicyclic amines) is 1. The van der Waals surface area contributed by atoms with Gasteiger partial charge in [0.25, 0.3) is 0 Å². The molecule has 1 saturated heterocycles. The van der Waals surface area contributed by atoms with Gasteiger partial charge in [0.2, 0.25) is 5.91 Å². The minimum Gasteiger partial charge on any atom is -0.481 e. The average Bonchev–Trinajstić information content (AvgIpc) is 2.89. The van der Waals surface area contributed by atoms with Crippen molar-refractivity contribution >= 4 is 17.7 Å². The van der Waals surface area contributed by atoms with Gasteiger partial charge in [-0.25, -0.2) is 0 Å². The second-order valence-electron chi connectivity index (χ2n) is 6.87. The summed E-state index contributed by atoms with van der Waals surface area (Å²) in [6, 6.07) is 0.228. The Bertz CT molecular complexity index is 408. The molecular formula is C19H33NO4. The maximum Gasteiger partial charge on any atom is 0.303 e. The lowest BCUT2D eigenvalue weighted by molar-refractivity contribution is -0.137. The number of carbonyl (C=O) groups is 3. The van der Waals surface area contributed by atoms with Crippen molar-refractivity contribution < 1.29 is 19.5 Å². The van der Waals surface area contributed by atoms with E-state index in [1.165, 1.54) is 0 Å². The number of carboxylic acids is 1. The van der Waals surface area contributed by atoms with Gasteiger partial charge < -0.3 is 10.0 Å².